The maximum absolute atomic E-state index is 12.6. The van der Waals surface area contributed by atoms with Crippen LogP contribution < -0.4 is 10.6 Å². The number of rotatable bonds is 4. The van der Waals surface area contributed by atoms with E-state index in [0.717, 1.165) is 16.8 Å². The maximum atomic E-state index is 12.6. The Kier molecular flexibility index (Phi) is 5.29. The zero-order chi connectivity index (χ0) is 19.8. The van der Waals surface area contributed by atoms with Crippen molar-refractivity contribution >= 4 is 34.8 Å². The Morgan fingerprint density at radius 3 is 2.26 bits per heavy atom. The molecule has 27 heavy (non-hydrogen) atoms. The second-order valence-electron chi connectivity index (χ2n) is 8.19. The molecule has 2 N–H and O–H groups in total. The average Bonchev–Trinajstić information content (AvgIpc) is 3.39. The minimum Gasteiger partial charge on any atom is -0.326 e. The molecule has 0 spiro atoms. The lowest BCUT2D eigenvalue weighted by Gasteiger charge is -2.23. The van der Waals surface area contributed by atoms with Gasteiger partial charge in [-0.1, -0.05) is 56.6 Å². The summed E-state index contributed by atoms with van der Waals surface area (Å²) in [6.45, 7) is 8.23. The average molecular weight is 385 g/mol. The molecule has 142 valence electrons. The summed E-state index contributed by atoms with van der Waals surface area (Å²) in [5.41, 5.74) is 3.42. The Balaban J connectivity index is 1.62. The van der Waals surface area contributed by atoms with E-state index in [0.29, 0.717) is 17.1 Å². The predicted octanol–water partition coefficient (Wildman–Crippen LogP) is 5.16. The highest BCUT2D eigenvalue weighted by molar-refractivity contribution is 6.31. The third kappa shape index (κ3) is 4.51. The highest BCUT2D eigenvalue weighted by Gasteiger charge is 2.48. The van der Waals surface area contributed by atoms with Gasteiger partial charge in [0.25, 0.3) is 0 Å². The summed E-state index contributed by atoms with van der Waals surface area (Å²) >= 11 is 6.10. The van der Waals surface area contributed by atoms with Crippen LogP contribution in [-0.2, 0) is 15.0 Å². The number of benzene rings is 2. The minimum absolute atomic E-state index is 0.0745. The fourth-order valence-corrected chi connectivity index (χ4v) is 3.33. The number of hydrogen-bond donors (Lipinski definition) is 2. The van der Waals surface area contributed by atoms with Crippen molar-refractivity contribution in [2.45, 2.75) is 39.5 Å². The minimum atomic E-state index is -0.299. The summed E-state index contributed by atoms with van der Waals surface area (Å²) in [4.78, 5) is 25.0. The molecule has 5 heteroatoms. The second kappa shape index (κ2) is 7.35. The van der Waals surface area contributed by atoms with E-state index in [4.69, 9.17) is 11.6 Å². The summed E-state index contributed by atoms with van der Waals surface area (Å²) in [7, 11) is 0. The lowest BCUT2D eigenvalue weighted by Crippen LogP contribution is -2.22. The quantitative estimate of drug-likeness (QED) is 0.764. The van der Waals surface area contributed by atoms with Gasteiger partial charge in [0.05, 0.1) is 11.8 Å². The Morgan fingerprint density at radius 1 is 1.00 bits per heavy atom. The van der Waals surface area contributed by atoms with Gasteiger partial charge in [-0.05, 0) is 48.1 Å². The van der Waals surface area contributed by atoms with Crippen molar-refractivity contribution in [1.82, 2.24) is 0 Å². The summed E-state index contributed by atoms with van der Waals surface area (Å²) in [5, 5.41) is 6.47. The van der Waals surface area contributed by atoms with Gasteiger partial charge in [0.2, 0.25) is 11.8 Å². The third-order valence-corrected chi connectivity index (χ3v) is 5.30. The lowest BCUT2D eigenvalue weighted by atomic mass is 9.86. The first-order valence-corrected chi connectivity index (χ1v) is 9.52. The molecule has 2 unspecified atom stereocenters. The van der Waals surface area contributed by atoms with Gasteiger partial charge in [-0.15, -0.1) is 0 Å². The van der Waals surface area contributed by atoms with Crippen molar-refractivity contribution in [3.05, 3.63) is 58.6 Å². The summed E-state index contributed by atoms with van der Waals surface area (Å²) in [5.74, 6) is -0.834. The van der Waals surface area contributed by atoms with Gasteiger partial charge < -0.3 is 10.6 Å². The van der Waals surface area contributed by atoms with Crippen molar-refractivity contribution in [2.75, 3.05) is 10.6 Å². The topological polar surface area (TPSA) is 58.2 Å². The summed E-state index contributed by atoms with van der Waals surface area (Å²) in [6.07, 6.45) is 0.564. The first-order valence-electron chi connectivity index (χ1n) is 9.14. The fourth-order valence-electron chi connectivity index (χ4n) is 3.15. The molecule has 0 heterocycles. The maximum Gasteiger partial charge on any atom is 0.228 e. The molecule has 2 aromatic rings. The van der Waals surface area contributed by atoms with Crippen LogP contribution in [0, 0.1) is 18.8 Å². The van der Waals surface area contributed by atoms with E-state index in [-0.39, 0.29) is 29.1 Å². The van der Waals surface area contributed by atoms with Gasteiger partial charge in [-0.25, -0.2) is 0 Å². The Hall–Kier alpha value is -2.33. The van der Waals surface area contributed by atoms with Crippen LogP contribution in [0.1, 0.15) is 38.3 Å². The van der Waals surface area contributed by atoms with Crippen molar-refractivity contribution in [2.24, 2.45) is 11.8 Å². The van der Waals surface area contributed by atoms with Crippen LogP contribution in [0.15, 0.2) is 42.5 Å². The van der Waals surface area contributed by atoms with Gasteiger partial charge in [0.1, 0.15) is 0 Å². The molecule has 1 aliphatic carbocycles. The van der Waals surface area contributed by atoms with E-state index in [1.54, 1.807) is 6.07 Å². The number of halogens is 1. The summed E-state index contributed by atoms with van der Waals surface area (Å²) < 4.78 is 0. The predicted molar refractivity (Wildman–Crippen MR) is 110 cm³/mol. The van der Waals surface area contributed by atoms with Crippen LogP contribution in [0.5, 0.6) is 0 Å². The smallest absolute Gasteiger partial charge is 0.228 e. The van der Waals surface area contributed by atoms with E-state index in [1.807, 2.05) is 43.3 Å². The van der Waals surface area contributed by atoms with E-state index in [1.165, 1.54) is 0 Å². The molecule has 0 aliphatic heterocycles. The molecule has 2 aromatic carbocycles. The second-order valence-corrected chi connectivity index (χ2v) is 8.59. The van der Waals surface area contributed by atoms with Gasteiger partial charge in [-0.2, -0.15) is 0 Å². The molecule has 0 bridgehead atoms. The first-order chi connectivity index (χ1) is 12.7. The number of anilines is 2. The molecule has 1 fully saturated rings. The number of carbonyl (C=O) groups excluding carboxylic acids is 2. The Labute approximate surface area is 165 Å². The van der Waals surface area contributed by atoms with Gasteiger partial charge in [0.15, 0.2) is 0 Å². The van der Waals surface area contributed by atoms with Crippen LogP contribution in [-0.4, -0.2) is 11.8 Å². The molecule has 1 aliphatic rings. The van der Waals surface area contributed by atoms with Gasteiger partial charge in [-0.3, -0.25) is 9.59 Å². The highest BCUT2D eigenvalue weighted by atomic mass is 35.5. The fraction of sp³-hybridized carbons (Fsp3) is 0.364. The van der Waals surface area contributed by atoms with Crippen molar-refractivity contribution in [3.63, 3.8) is 0 Å². The van der Waals surface area contributed by atoms with Crippen molar-refractivity contribution in [3.8, 4) is 0 Å². The number of amides is 2. The molecule has 2 atom stereocenters. The van der Waals surface area contributed by atoms with E-state index >= 15 is 0 Å². The first kappa shape index (κ1) is 19.4. The van der Waals surface area contributed by atoms with Crippen molar-refractivity contribution < 1.29 is 9.59 Å². The lowest BCUT2D eigenvalue weighted by molar-refractivity contribution is -0.122. The molecule has 0 saturated heterocycles. The normalized spacial score (nSPS) is 18.7. The molecule has 1 saturated carbocycles. The van der Waals surface area contributed by atoms with E-state index < -0.39 is 0 Å². The SMILES string of the molecule is Cc1ccc(NC(=O)C2CC2C(=O)Nc2ccccc2C(C)(C)C)cc1Cl. The number of hydrogen-bond acceptors (Lipinski definition) is 2. The molecule has 3 rings (SSSR count). The standard InChI is InChI=1S/C22H25ClN2O2/c1-13-9-10-14(11-18(13)23)24-20(26)15-12-16(15)21(27)25-19-8-6-5-7-17(19)22(2,3)4/h5-11,15-16H,12H2,1-4H3,(H,24,26)(H,25,27). The largest absolute Gasteiger partial charge is 0.326 e. The zero-order valence-electron chi connectivity index (χ0n) is 16.1. The Bertz CT molecular complexity index is 886. The van der Waals surface area contributed by atoms with Crippen LogP contribution >= 0.6 is 11.6 Å². The van der Waals surface area contributed by atoms with Crippen molar-refractivity contribution in [1.29, 1.82) is 0 Å². The molecule has 0 radical (unpaired) electrons. The van der Waals surface area contributed by atoms with E-state index in [2.05, 4.69) is 31.4 Å². The highest BCUT2D eigenvalue weighted by Crippen LogP contribution is 2.41. The van der Waals surface area contributed by atoms with Crippen LogP contribution in [0.2, 0.25) is 5.02 Å². The third-order valence-electron chi connectivity index (χ3n) is 4.90. The van der Waals surface area contributed by atoms with E-state index in [9.17, 15) is 9.59 Å². The Morgan fingerprint density at radius 2 is 1.63 bits per heavy atom. The number of carbonyl (C=O) groups is 2. The molecular weight excluding hydrogens is 360 g/mol. The van der Waals surface area contributed by atoms with Gasteiger partial charge >= 0.3 is 0 Å². The van der Waals surface area contributed by atoms with Crippen LogP contribution in [0.4, 0.5) is 11.4 Å². The molecule has 0 aromatic heterocycles. The molecule has 4 nitrogen and oxygen atoms in total. The summed E-state index contributed by atoms with van der Waals surface area (Å²) in [6, 6.07) is 13.2. The number of para-hydroxylation sites is 1. The molecule has 2 amide bonds. The van der Waals surface area contributed by atoms with Crippen LogP contribution in [0.25, 0.3) is 0 Å². The number of nitrogens with one attached hydrogen (secondary N) is 2. The van der Waals surface area contributed by atoms with Gasteiger partial charge in [0, 0.05) is 16.4 Å². The molecular formula is C22H25ClN2O2. The zero-order valence-corrected chi connectivity index (χ0v) is 16.9. The number of aryl methyl sites for hydroxylation is 1. The monoisotopic (exact) mass is 384 g/mol. The van der Waals surface area contributed by atoms with Crippen LogP contribution in [0.3, 0.4) is 0 Å².